The number of hydrogen-bond acceptors (Lipinski definition) is 5. The Labute approximate surface area is 97.3 Å². The molecule has 2 aromatic rings. The quantitative estimate of drug-likeness (QED) is 0.708. The zero-order valence-corrected chi connectivity index (χ0v) is 10.0. The van der Waals surface area contributed by atoms with Gasteiger partial charge in [0.1, 0.15) is 5.52 Å². The fourth-order valence-electron chi connectivity index (χ4n) is 1.31. The minimum atomic E-state index is -3.55. The molecular weight excluding hydrogens is 244 g/mol. The molecule has 0 aliphatic rings. The maximum absolute atomic E-state index is 12.0. The maximum Gasteiger partial charge on any atom is 0.297 e. The highest BCUT2D eigenvalue weighted by Crippen LogP contribution is 2.03. The Morgan fingerprint density at radius 1 is 1.29 bits per heavy atom. The normalized spacial score (nSPS) is 11.6. The molecule has 0 fully saturated rings. The number of aromatic nitrogens is 3. The molecule has 0 amide bonds. The Kier molecular flexibility index (Phi) is 2.58. The molecule has 1 heterocycles. The molecule has 0 bridgehead atoms. The summed E-state index contributed by atoms with van der Waals surface area (Å²) in [6.07, 6.45) is 0.982. The summed E-state index contributed by atoms with van der Waals surface area (Å²) < 4.78 is 23.4. The van der Waals surface area contributed by atoms with Crippen LogP contribution in [0.3, 0.4) is 0 Å². The van der Waals surface area contributed by atoms with Crippen molar-refractivity contribution in [2.24, 2.45) is 0 Å². The average Bonchev–Trinajstić information content (AvgIpc) is 2.28. The van der Waals surface area contributed by atoms with Gasteiger partial charge in [0.15, 0.2) is 0 Å². The molecule has 0 spiro atoms. The van der Waals surface area contributed by atoms with Crippen molar-refractivity contribution < 1.29 is 8.42 Å². The molecule has 8 heteroatoms. The van der Waals surface area contributed by atoms with Crippen molar-refractivity contribution in [1.82, 2.24) is 15.1 Å². The summed E-state index contributed by atoms with van der Waals surface area (Å²) in [5.41, 5.74) is -0.0980. The van der Waals surface area contributed by atoms with Crippen LogP contribution in [-0.4, -0.2) is 36.8 Å². The standard InChI is InChI=1S/C9H10N4O3S/c1-12(17(2,15)16)13-9(14)7-5-3-4-6-8(7)10-11-13/h3-6H,1-2H3. The molecule has 0 aliphatic carbocycles. The number of sulfonamides is 1. The average molecular weight is 254 g/mol. The summed E-state index contributed by atoms with van der Waals surface area (Å²) in [7, 11) is -2.32. The van der Waals surface area contributed by atoms with Crippen LogP contribution in [-0.2, 0) is 10.0 Å². The van der Waals surface area contributed by atoms with Crippen LogP contribution >= 0.6 is 0 Å². The zero-order chi connectivity index (χ0) is 12.6. The zero-order valence-electron chi connectivity index (χ0n) is 9.23. The fraction of sp³-hybridized carbons (Fsp3) is 0.222. The highest BCUT2D eigenvalue weighted by atomic mass is 32.2. The van der Waals surface area contributed by atoms with E-state index in [2.05, 4.69) is 10.3 Å². The maximum atomic E-state index is 12.0. The van der Waals surface area contributed by atoms with Crippen molar-refractivity contribution in [3.63, 3.8) is 0 Å². The molecule has 0 aliphatic heterocycles. The Morgan fingerprint density at radius 3 is 2.59 bits per heavy atom. The van der Waals surface area contributed by atoms with Gasteiger partial charge in [-0.3, -0.25) is 4.79 Å². The summed E-state index contributed by atoms with van der Waals surface area (Å²) in [5.74, 6) is 0. The topological polar surface area (TPSA) is 85.2 Å². The first kappa shape index (κ1) is 11.5. The van der Waals surface area contributed by atoms with E-state index in [4.69, 9.17) is 0 Å². The minimum Gasteiger partial charge on any atom is -0.265 e. The summed E-state index contributed by atoms with van der Waals surface area (Å²) in [5, 5.41) is 7.67. The first-order valence-electron chi connectivity index (χ1n) is 4.70. The van der Waals surface area contributed by atoms with Crippen LogP contribution in [0.25, 0.3) is 10.9 Å². The van der Waals surface area contributed by atoms with Crippen molar-refractivity contribution in [1.29, 1.82) is 0 Å². The molecule has 0 atom stereocenters. The number of rotatable bonds is 2. The lowest BCUT2D eigenvalue weighted by molar-refractivity contribution is 0.553. The Hall–Kier alpha value is -1.96. The summed E-state index contributed by atoms with van der Waals surface area (Å²) >= 11 is 0. The molecule has 1 aromatic heterocycles. The van der Waals surface area contributed by atoms with Crippen LogP contribution in [0.4, 0.5) is 0 Å². The van der Waals surface area contributed by atoms with E-state index in [1.807, 2.05) is 0 Å². The van der Waals surface area contributed by atoms with Crippen molar-refractivity contribution in [2.45, 2.75) is 0 Å². The van der Waals surface area contributed by atoms with Gasteiger partial charge in [0.05, 0.1) is 11.6 Å². The summed E-state index contributed by atoms with van der Waals surface area (Å²) in [6, 6.07) is 6.60. The molecule has 1 aromatic carbocycles. The highest BCUT2D eigenvalue weighted by Gasteiger charge is 2.15. The van der Waals surface area contributed by atoms with Gasteiger partial charge in [-0.05, 0) is 17.3 Å². The third kappa shape index (κ3) is 1.98. The van der Waals surface area contributed by atoms with E-state index in [0.717, 1.165) is 15.5 Å². The Bertz CT molecular complexity index is 722. The molecular formula is C9H10N4O3S. The fourth-order valence-corrected chi connectivity index (χ4v) is 1.69. The van der Waals surface area contributed by atoms with Crippen LogP contribution in [0.2, 0.25) is 0 Å². The van der Waals surface area contributed by atoms with Gasteiger partial charge in [-0.1, -0.05) is 12.1 Å². The first-order valence-corrected chi connectivity index (χ1v) is 6.55. The van der Waals surface area contributed by atoms with Crippen molar-refractivity contribution in [2.75, 3.05) is 17.7 Å². The van der Waals surface area contributed by atoms with E-state index in [-0.39, 0.29) is 0 Å². The highest BCUT2D eigenvalue weighted by molar-refractivity contribution is 7.91. The second-order valence-corrected chi connectivity index (χ2v) is 5.49. The van der Waals surface area contributed by atoms with Crippen molar-refractivity contribution in [3.05, 3.63) is 34.6 Å². The second-order valence-electron chi connectivity index (χ2n) is 3.50. The first-order chi connectivity index (χ1) is 7.91. The van der Waals surface area contributed by atoms with Crippen LogP contribution in [0.1, 0.15) is 0 Å². The second kappa shape index (κ2) is 3.81. The van der Waals surface area contributed by atoms with Crippen LogP contribution < -0.4 is 9.97 Å². The lowest BCUT2D eigenvalue weighted by atomic mass is 10.2. The Morgan fingerprint density at radius 2 is 1.94 bits per heavy atom. The molecule has 2 rings (SSSR count). The van der Waals surface area contributed by atoms with E-state index in [0.29, 0.717) is 10.9 Å². The number of nitrogens with zero attached hydrogens (tertiary/aromatic N) is 4. The largest absolute Gasteiger partial charge is 0.297 e. The minimum absolute atomic E-state index is 0.318. The van der Waals surface area contributed by atoms with Gasteiger partial charge >= 0.3 is 0 Å². The van der Waals surface area contributed by atoms with E-state index < -0.39 is 15.6 Å². The molecule has 0 saturated carbocycles. The van der Waals surface area contributed by atoms with Gasteiger partial charge in [0.25, 0.3) is 5.56 Å². The number of hydrogen-bond donors (Lipinski definition) is 0. The predicted octanol–water partition coefficient (Wildman–Crippen LogP) is -0.681. The molecule has 7 nitrogen and oxygen atoms in total. The molecule has 0 radical (unpaired) electrons. The van der Waals surface area contributed by atoms with E-state index in [1.54, 1.807) is 24.3 Å². The van der Waals surface area contributed by atoms with Crippen molar-refractivity contribution >= 4 is 20.9 Å². The van der Waals surface area contributed by atoms with Gasteiger partial charge in [0, 0.05) is 7.05 Å². The predicted molar refractivity (Wildman–Crippen MR) is 62.8 cm³/mol. The van der Waals surface area contributed by atoms with Gasteiger partial charge in [-0.25, -0.2) is 8.42 Å². The molecule has 90 valence electrons. The molecule has 0 N–H and O–H groups in total. The van der Waals surface area contributed by atoms with Crippen LogP contribution in [0, 0.1) is 0 Å². The third-order valence-electron chi connectivity index (χ3n) is 2.30. The van der Waals surface area contributed by atoms with E-state index >= 15 is 0 Å². The number of benzene rings is 1. The van der Waals surface area contributed by atoms with Gasteiger partial charge in [-0.2, -0.15) is 4.41 Å². The van der Waals surface area contributed by atoms with Crippen LogP contribution in [0.15, 0.2) is 29.1 Å². The molecule has 17 heavy (non-hydrogen) atoms. The van der Waals surface area contributed by atoms with Gasteiger partial charge in [-0.15, -0.1) is 9.89 Å². The van der Waals surface area contributed by atoms with Gasteiger partial charge in [0.2, 0.25) is 10.0 Å². The Balaban J connectivity index is 2.74. The lowest BCUT2D eigenvalue weighted by Crippen LogP contribution is -2.44. The molecule has 0 unspecified atom stereocenters. The van der Waals surface area contributed by atoms with Crippen LogP contribution in [0.5, 0.6) is 0 Å². The van der Waals surface area contributed by atoms with E-state index in [9.17, 15) is 13.2 Å². The summed E-state index contributed by atoms with van der Waals surface area (Å²) in [6.45, 7) is 0. The van der Waals surface area contributed by atoms with Crippen molar-refractivity contribution in [3.8, 4) is 0 Å². The SMILES string of the molecule is CN(n1nnc2ccccc2c1=O)S(C)(=O)=O. The number of fused-ring (bicyclic) bond motifs is 1. The summed E-state index contributed by atoms with van der Waals surface area (Å²) in [4.78, 5) is 12.7. The van der Waals surface area contributed by atoms with E-state index in [1.165, 1.54) is 7.05 Å². The lowest BCUT2D eigenvalue weighted by Gasteiger charge is -2.16. The third-order valence-corrected chi connectivity index (χ3v) is 3.41. The monoisotopic (exact) mass is 254 g/mol. The molecule has 0 saturated heterocycles. The van der Waals surface area contributed by atoms with Gasteiger partial charge < -0.3 is 0 Å². The smallest absolute Gasteiger partial charge is 0.265 e.